The van der Waals surface area contributed by atoms with Crippen LogP contribution in [0.15, 0.2) is 4.79 Å². The van der Waals surface area contributed by atoms with Crippen molar-refractivity contribution in [2.45, 2.75) is 26.3 Å². The van der Waals surface area contributed by atoms with E-state index in [4.69, 9.17) is 5.73 Å². The Hall–Kier alpha value is -1.36. The second-order valence-electron chi connectivity index (χ2n) is 4.09. The van der Waals surface area contributed by atoms with E-state index in [1.807, 2.05) is 11.8 Å². The largest absolute Gasteiger partial charge is 0.341 e. The normalized spacial score (nSPS) is 21.0. The lowest BCUT2D eigenvalue weighted by molar-refractivity contribution is 0.749. The van der Waals surface area contributed by atoms with Crippen molar-refractivity contribution >= 4 is 5.95 Å². The maximum absolute atomic E-state index is 11.5. The molecule has 0 bridgehead atoms. The Balaban J connectivity index is 2.34. The number of aromatic nitrogens is 2. The molecule has 82 valence electrons. The molecular weight excluding hydrogens is 192 g/mol. The van der Waals surface area contributed by atoms with Crippen LogP contribution in [0.25, 0.3) is 0 Å². The fraction of sp³-hybridized carbons (Fsp3) is 0.600. The first-order valence-corrected chi connectivity index (χ1v) is 5.16. The maximum Gasteiger partial charge on any atom is 0.255 e. The van der Waals surface area contributed by atoms with Crippen molar-refractivity contribution < 1.29 is 0 Å². The fourth-order valence-corrected chi connectivity index (χ4v) is 1.76. The van der Waals surface area contributed by atoms with Crippen LogP contribution in [0.4, 0.5) is 5.95 Å². The van der Waals surface area contributed by atoms with Gasteiger partial charge in [-0.15, -0.1) is 0 Å². The van der Waals surface area contributed by atoms with Gasteiger partial charge in [-0.05, 0) is 20.3 Å². The number of nitrogens with zero attached hydrogens (tertiary/aromatic N) is 2. The van der Waals surface area contributed by atoms with Crippen LogP contribution in [0.2, 0.25) is 0 Å². The van der Waals surface area contributed by atoms with Crippen molar-refractivity contribution in [1.82, 2.24) is 9.97 Å². The third-order valence-electron chi connectivity index (χ3n) is 2.91. The number of hydrogen-bond acceptors (Lipinski definition) is 4. The SMILES string of the molecule is Cc1nc(N2CC[C@H](N)C2)[nH]c(=O)c1C. The Kier molecular flexibility index (Phi) is 2.48. The molecule has 1 aromatic rings. The molecule has 1 fully saturated rings. The third kappa shape index (κ3) is 1.87. The predicted octanol–water partition coefficient (Wildman–Crippen LogP) is -0.0759. The molecule has 1 aromatic heterocycles. The summed E-state index contributed by atoms with van der Waals surface area (Å²) in [6, 6.07) is 0.192. The molecule has 5 nitrogen and oxygen atoms in total. The number of nitrogens with two attached hydrogens (primary N) is 1. The van der Waals surface area contributed by atoms with E-state index in [2.05, 4.69) is 9.97 Å². The van der Waals surface area contributed by atoms with E-state index in [1.54, 1.807) is 6.92 Å². The molecule has 0 spiro atoms. The molecule has 3 N–H and O–H groups in total. The molecule has 0 unspecified atom stereocenters. The molecule has 0 aliphatic carbocycles. The van der Waals surface area contributed by atoms with Gasteiger partial charge in [-0.3, -0.25) is 9.78 Å². The van der Waals surface area contributed by atoms with Gasteiger partial charge in [-0.2, -0.15) is 0 Å². The summed E-state index contributed by atoms with van der Waals surface area (Å²) in [5.74, 6) is 0.649. The lowest BCUT2D eigenvalue weighted by atomic mass is 10.3. The number of hydrogen-bond donors (Lipinski definition) is 2. The van der Waals surface area contributed by atoms with Gasteiger partial charge in [0, 0.05) is 30.4 Å². The highest BCUT2D eigenvalue weighted by Crippen LogP contribution is 2.14. The summed E-state index contributed by atoms with van der Waals surface area (Å²) in [4.78, 5) is 20.7. The van der Waals surface area contributed by atoms with Crippen LogP contribution < -0.4 is 16.2 Å². The number of aryl methyl sites for hydroxylation is 1. The minimum atomic E-state index is -0.0574. The predicted molar refractivity (Wildman–Crippen MR) is 59.1 cm³/mol. The average Bonchev–Trinajstić information content (AvgIpc) is 2.60. The Morgan fingerprint density at radius 2 is 2.27 bits per heavy atom. The number of nitrogens with one attached hydrogen (secondary N) is 1. The van der Waals surface area contributed by atoms with Gasteiger partial charge in [0.05, 0.1) is 0 Å². The molecule has 0 aromatic carbocycles. The first kappa shape index (κ1) is 10.2. The average molecular weight is 208 g/mol. The van der Waals surface area contributed by atoms with Crippen molar-refractivity contribution in [3.05, 3.63) is 21.6 Å². The summed E-state index contributed by atoms with van der Waals surface area (Å²) in [5.41, 5.74) is 7.22. The molecule has 15 heavy (non-hydrogen) atoms. The monoisotopic (exact) mass is 208 g/mol. The third-order valence-corrected chi connectivity index (χ3v) is 2.91. The number of H-pyrrole nitrogens is 1. The van der Waals surface area contributed by atoms with Gasteiger partial charge in [0.25, 0.3) is 5.56 Å². The second-order valence-corrected chi connectivity index (χ2v) is 4.09. The number of rotatable bonds is 1. The van der Waals surface area contributed by atoms with Gasteiger partial charge >= 0.3 is 0 Å². The lowest BCUT2D eigenvalue weighted by Crippen LogP contribution is -2.29. The summed E-state index contributed by atoms with van der Waals surface area (Å²) in [6.07, 6.45) is 0.955. The molecule has 1 atom stereocenters. The highest BCUT2D eigenvalue weighted by Gasteiger charge is 2.21. The van der Waals surface area contributed by atoms with E-state index in [1.165, 1.54) is 0 Å². The number of anilines is 1. The van der Waals surface area contributed by atoms with Crippen LogP contribution >= 0.6 is 0 Å². The van der Waals surface area contributed by atoms with Crippen molar-refractivity contribution in [3.8, 4) is 0 Å². The summed E-state index contributed by atoms with van der Waals surface area (Å²) in [7, 11) is 0. The van der Waals surface area contributed by atoms with E-state index in [0.717, 1.165) is 25.2 Å². The zero-order valence-electron chi connectivity index (χ0n) is 9.08. The zero-order valence-corrected chi connectivity index (χ0v) is 9.08. The lowest BCUT2D eigenvalue weighted by Gasteiger charge is -2.16. The molecule has 2 rings (SSSR count). The minimum absolute atomic E-state index is 0.0574. The van der Waals surface area contributed by atoms with Gasteiger partial charge in [-0.1, -0.05) is 0 Å². The molecule has 5 heteroatoms. The van der Waals surface area contributed by atoms with Crippen LogP contribution in [-0.2, 0) is 0 Å². The summed E-state index contributed by atoms with van der Waals surface area (Å²) >= 11 is 0. The first-order chi connectivity index (χ1) is 7.08. The Morgan fingerprint density at radius 3 is 2.80 bits per heavy atom. The quantitative estimate of drug-likeness (QED) is 0.677. The molecule has 1 aliphatic heterocycles. The van der Waals surface area contributed by atoms with E-state index in [0.29, 0.717) is 11.5 Å². The van der Waals surface area contributed by atoms with Crippen molar-refractivity contribution in [1.29, 1.82) is 0 Å². The van der Waals surface area contributed by atoms with E-state index in [9.17, 15) is 4.79 Å². The van der Waals surface area contributed by atoms with Gasteiger partial charge in [0.15, 0.2) is 0 Å². The van der Waals surface area contributed by atoms with Gasteiger partial charge in [0.1, 0.15) is 0 Å². The smallest absolute Gasteiger partial charge is 0.255 e. The first-order valence-electron chi connectivity index (χ1n) is 5.16. The van der Waals surface area contributed by atoms with Crippen molar-refractivity contribution in [2.75, 3.05) is 18.0 Å². The van der Waals surface area contributed by atoms with E-state index in [-0.39, 0.29) is 11.6 Å². The molecule has 0 saturated carbocycles. The highest BCUT2D eigenvalue weighted by atomic mass is 16.1. The highest BCUT2D eigenvalue weighted by molar-refractivity contribution is 5.34. The summed E-state index contributed by atoms with van der Waals surface area (Å²) in [6.45, 7) is 5.27. The van der Waals surface area contributed by atoms with E-state index < -0.39 is 0 Å². The summed E-state index contributed by atoms with van der Waals surface area (Å²) < 4.78 is 0. The molecule has 1 aliphatic rings. The molecule has 0 amide bonds. The molecular formula is C10H16N4O. The van der Waals surface area contributed by atoms with Gasteiger partial charge in [-0.25, -0.2) is 4.98 Å². The topological polar surface area (TPSA) is 75.0 Å². The Morgan fingerprint density at radius 1 is 1.53 bits per heavy atom. The Labute approximate surface area is 88.3 Å². The maximum atomic E-state index is 11.5. The molecule has 1 saturated heterocycles. The standard InChI is InChI=1S/C10H16N4O/c1-6-7(2)12-10(13-9(6)15)14-4-3-8(11)5-14/h8H,3-5,11H2,1-2H3,(H,12,13,15)/t8-/m0/s1. The Bertz CT molecular complexity index is 426. The van der Waals surface area contributed by atoms with Crippen LogP contribution in [0, 0.1) is 13.8 Å². The number of aromatic amines is 1. The molecule has 0 radical (unpaired) electrons. The van der Waals surface area contributed by atoms with Crippen LogP contribution in [0.5, 0.6) is 0 Å². The van der Waals surface area contributed by atoms with Crippen LogP contribution in [0.3, 0.4) is 0 Å². The van der Waals surface area contributed by atoms with Gasteiger partial charge in [0.2, 0.25) is 5.95 Å². The minimum Gasteiger partial charge on any atom is -0.341 e. The van der Waals surface area contributed by atoms with Crippen LogP contribution in [-0.4, -0.2) is 29.1 Å². The van der Waals surface area contributed by atoms with Crippen molar-refractivity contribution in [2.24, 2.45) is 5.73 Å². The van der Waals surface area contributed by atoms with Gasteiger partial charge < -0.3 is 10.6 Å². The zero-order chi connectivity index (χ0) is 11.0. The van der Waals surface area contributed by atoms with Crippen molar-refractivity contribution in [3.63, 3.8) is 0 Å². The summed E-state index contributed by atoms with van der Waals surface area (Å²) in [5, 5.41) is 0. The molecule has 2 heterocycles. The van der Waals surface area contributed by atoms with Crippen LogP contribution in [0.1, 0.15) is 17.7 Å². The fourth-order valence-electron chi connectivity index (χ4n) is 1.76. The second kappa shape index (κ2) is 3.66. The van der Waals surface area contributed by atoms with E-state index >= 15 is 0 Å².